The van der Waals surface area contributed by atoms with E-state index in [0.29, 0.717) is 0 Å². The number of rotatable bonds is 2. The number of halogens is 1. The molecule has 1 aromatic carbocycles. The summed E-state index contributed by atoms with van der Waals surface area (Å²) in [7, 11) is 0. The van der Waals surface area contributed by atoms with Crippen LogP contribution in [0.1, 0.15) is 10.4 Å². The molecule has 1 rings (SSSR count). The van der Waals surface area contributed by atoms with Crippen LogP contribution in [0.4, 0.5) is 5.69 Å². The Kier molecular flexibility index (Phi) is 5.26. The molecule has 0 heterocycles. The Hall–Kier alpha value is -0.447. The maximum atomic E-state index is 10.6. The average molecular weight is 283 g/mol. The van der Waals surface area contributed by atoms with Gasteiger partial charge in [0.05, 0.1) is 9.82 Å². The number of benzene rings is 1. The van der Waals surface area contributed by atoms with Crippen molar-refractivity contribution in [1.82, 2.24) is 0 Å². The van der Waals surface area contributed by atoms with Gasteiger partial charge >= 0.3 is 0 Å². The quantitative estimate of drug-likeness (QED) is 0.298. The second-order valence-electron chi connectivity index (χ2n) is 2.23. The maximum Gasteiger partial charge on any atom is 0.283 e. The molecule has 7 heteroatoms. The molecule has 0 saturated heterocycles. The standard InChI is InChI=1S/C7H4ClNO3S.Zn/c8-7(10)4-1-2-6(13)5(3-4)9(11)12;/h1-3,13H;. The Morgan fingerprint density at radius 2 is 2.07 bits per heavy atom. The average Bonchev–Trinajstić information content (AvgIpc) is 2.04. The van der Waals surface area contributed by atoms with Crippen LogP contribution in [-0.2, 0) is 19.5 Å². The maximum absolute atomic E-state index is 10.6. The fourth-order valence-electron chi connectivity index (χ4n) is 0.792. The topological polar surface area (TPSA) is 60.2 Å². The Bertz CT molecular complexity index is 385. The van der Waals surface area contributed by atoms with Crippen LogP contribution in [0.25, 0.3) is 0 Å². The van der Waals surface area contributed by atoms with Crippen LogP contribution in [0.3, 0.4) is 0 Å². The zero-order valence-corrected chi connectivity index (χ0v) is 11.6. The summed E-state index contributed by atoms with van der Waals surface area (Å²) in [6.45, 7) is 0. The molecule has 0 spiro atoms. The molecule has 0 saturated carbocycles. The van der Waals surface area contributed by atoms with Gasteiger partial charge in [0, 0.05) is 31.1 Å². The molecule has 0 radical (unpaired) electrons. The molecule has 0 aromatic heterocycles. The molecule has 0 aliphatic carbocycles. The summed E-state index contributed by atoms with van der Waals surface area (Å²) >= 11 is 9.00. The number of thiol groups is 1. The summed E-state index contributed by atoms with van der Waals surface area (Å²) in [4.78, 5) is 20.6. The number of nitro groups is 1. The zero-order valence-electron chi connectivity index (χ0n) is 6.94. The van der Waals surface area contributed by atoms with Crippen LogP contribution in [0.15, 0.2) is 23.1 Å². The first-order chi connectivity index (χ1) is 6.02. The third kappa shape index (κ3) is 3.05. The Labute approximate surface area is 103 Å². The Morgan fingerprint density at radius 3 is 2.50 bits per heavy atom. The van der Waals surface area contributed by atoms with Crippen molar-refractivity contribution >= 4 is 35.2 Å². The van der Waals surface area contributed by atoms with Crippen molar-refractivity contribution in [3.63, 3.8) is 0 Å². The van der Waals surface area contributed by atoms with Crippen molar-refractivity contribution in [2.75, 3.05) is 0 Å². The first-order valence-corrected chi connectivity index (χ1v) is 4.02. The van der Waals surface area contributed by atoms with Crippen LogP contribution in [-0.4, -0.2) is 10.2 Å². The van der Waals surface area contributed by atoms with Crippen LogP contribution < -0.4 is 0 Å². The van der Waals surface area contributed by atoms with E-state index in [-0.39, 0.29) is 35.6 Å². The van der Waals surface area contributed by atoms with Gasteiger partial charge in [-0.25, -0.2) is 0 Å². The fraction of sp³-hybridized carbons (Fsp3) is 0. The molecular formula is C7H4ClNO3SZn. The van der Waals surface area contributed by atoms with Crippen LogP contribution >= 0.6 is 24.2 Å². The van der Waals surface area contributed by atoms with E-state index in [1.807, 2.05) is 0 Å². The van der Waals surface area contributed by atoms with Gasteiger partial charge in [-0.2, -0.15) is 0 Å². The predicted octanol–water partition coefficient (Wildman–Crippen LogP) is 2.26. The van der Waals surface area contributed by atoms with E-state index in [1.54, 1.807) is 0 Å². The van der Waals surface area contributed by atoms with Gasteiger partial charge in [-0.3, -0.25) is 14.9 Å². The first kappa shape index (κ1) is 13.6. The predicted molar refractivity (Wildman–Crippen MR) is 50.5 cm³/mol. The third-order valence-corrected chi connectivity index (χ3v) is 2.00. The van der Waals surface area contributed by atoms with Gasteiger partial charge in [0.25, 0.3) is 10.9 Å². The minimum Gasteiger partial charge on any atom is -0.276 e. The van der Waals surface area contributed by atoms with E-state index in [0.717, 1.165) is 6.07 Å². The molecule has 14 heavy (non-hydrogen) atoms. The summed E-state index contributed by atoms with van der Waals surface area (Å²) in [5.41, 5.74) is -0.138. The molecular weight excluding hydrogens is 279 g/mol. The van der Waals surface area contributed by atoms with E-state index >= 15 is 0 Å². The van der Waals surface area contributed by atoms with Crippen LogP contribution in [0.5, 0.6) is 0 Å². The van der Waals surface area contributed by atoms with Crippen molar-refractivity contribution in [1.29, 1.82) is 0 Å². The SMILES string of the molecule is O=C(Cl)c1ccc(S)c([N+](=O)[O-])c1.[Zn]. The van der Waals surface area contributed by atoms with Crippen LogP contribution in [0, 0.1) is 10.1 Å². The summed E-state index contributed by atoms with van der Waals surface area (Å²) < 4.78 is 0. The number of carbonyl (C=O) groups excluding carboxylic acids is 1. The largest absolute Gasteiger partial charge is 0.283 e. The van der Waals surface area contributed by atoms with E-state index in [4.69, 9.17) is 11.6 Å². The summed E-state index contributed by atoms with van der Waals surface area (Å²) in [6.07, 6.45) is 0. The van der Waals surface area contributed by atoms with Crippen molar-refractivity contribution < 1.29 is 29.2 Å². The molecule has 0 atom stereocenters. The van der Waals surface area contributed by atoms with E-state index in [9.17, 15) is 14.9 Å². The minimum absolute atomic E-state index is 0. The Morgan fingerprint density at radius 1 is 1.50 bits per heavy atom. The molecule has 1 aromatic rings. The molecule has 70 valence electrons. The smallest absolute Gasteiger partial charge is 0.276 e. The zero-order chi connectivity index (χ0) is 10.0. The number of nitrogens with zero attached hydrogens (tertiary/aromatic N) is 1. The van der Waals surface area contributed by atoms with Gasteiger partial charge in [0.2, 0.25) is 0 Å². The number of nitro benzene ring substituents is 1. The van der Waals surface area contributed by atoms with Gasteiger partial charge in [-0.1, -0.05) is 0 Å². The second-order valence-corrected chi connectivity index (χ2v) is 3.06. The molecule has 0 N–H and O–H groups in total. The van der Waals surface area contributed by atoms with Gasteiger partial charge < -0.3 is 0 Å². The molecule has 0 amide bonds. The molecule has 0 aliphatic rings. The third-order valence-electron chi connectivity index (χ3n) is 1.40. The van der Waals surface area contributed by atoms with Gasteiger partial charge in [-0.05, 0) is 23.7 Å². The molecule has 0 aliphatic heterocycles. The van der Waals surface area contributed by atoms with Crippen molar-refractivity contribution in [2.45, 2.75) is 4.90 Å². The second kappa shape index (κ2) is 5.44. The Balaban J connectivity index is 0.00000169. The fourth-order valence-corrected chi connectivity index (χ4v) is 1.13. The number of carbonyl (C=O) groups is 1. The summed E-state index contributed by atoms with van der Waals surface area (Å²) in [5.74, 6) is 0. The van der Waals surface area contributed by atoms with Crippen molar-refractivity contribution in [3.8, 4) is 0 Å². The monoisotopic (exact) mass is 281 g/mol. The number of hydrogen-bond acceptors (Lipinski definition) is 4. The summed E-state index contributed by atoms with van der Waals surface area (Å²) in [6, 6.07) is 3.83. The molecule has 4 nitrogen and oxygen atoms in total. The molecule has 0 fully saturated rings. The van der Waals surface area contributed by atoms with E-state index < -0.39 is 10.2 Å². The molecule has 0 bridgehead atoms. The van der Waals surface area contributed by atoms with Gasteiger partial charge in [0.15, 0.2) is 0 Å². The van der Waals surface area contributed by atoms with Crippen molar-refractivity contribution in [2.24, 2.45) is 0 Å². The van der Waals surface area contributed by atoms with Gasteiger partial charge in [0.1, 0.15) is 0 Å². The van der Waals surface area contributed by atoms with E-state index in [2.05, 4.69) is 12.6 Å². The number of hydrogen-bond donors (Lipinski definition) is 1. The van der Waals surface area contributed by atoms with Crippen LogP contribution in [0.2, 0.25) is 0 Å². The van der Waals surface area contributed by atoms with Gasteiger partial charge in [-0.15, -0.1) is 12.6 Å². The molecule has 0 unspecified atom stereocenters. The van der Waals surface area contributed by atoms with E-state index in [1.165, 1.54) is 12.1 Å². The normalized spacial score (nSPS) is 9.00. The summed E-state index contributed by atoms with van der Waals surface area (Å²) in [5, 5.41) is 9.67. The van der Waals surface area contributed by atoms with Crippen molar-refractivity contribution in [3.05, 3.63) is 33.9 Å². The first-order valence-electron chi connectivity index (χ1n) is 3.19. The minimum atomic E-state index is -0.726.